The Morgan fingerprint density at radius 2 is 1.74 bits per heavy atom. The van der Waals surface area contributed by atoms with Gasteiger partial charge < -0.3 is 10.2 Å². The van der Waals surface area contributed by atoms with Crippen molar-refractivity contribution in [2.24, 2.45) is 0 Å². The highest BCUT2D eigenvalue weighted by molar-refractivity contribution is 7.91. The standard InChI is InChI=1S/C17H20N2O3S/c1-19(2)15-8-6-7-14(13-15)17(20)18-11-12-23(21,22)16-9-4-3-5-10-16/h3-10,13H,11-12H2,1-2H3,(H,18,20). The van der Waals surface area contributed by atoms with Gasteiger partial charge >= 0.3 is 0 Å². The van der Waals surface area contributed by atoms with Crippen LogP contribution in [0.5, 0.6) is 0 Å². The zero-order valence-corrected chi connectivity index (χ0v) is 14.0. The maximum Gasteiger partial charge on any atom is 0.251 e. The van der Waals surface area contributed by atoms with Crippen LogP contribution in [0.4, 0.5) is 5.69 Å². The molecule has 0 bridgehead atoms. The molecule has 6 heteroatoms. The second-order valence-corrected chi connectivity index (χ2v) is 7.44. The van der Waals surface area contributed by atoms with E-state index in [1.165, 1.54) is 0 Å². The number of rotatable bonds is 6. The van der Waals surface area contributed by atoms with E-state index in [4.69, 9.17) is 0 Å². The lowest BCUT2D eigenvalue weighted by molar-refractivity contribution is 0.0956. The molecule has 5 nitrogen and oxygen atoms in total. The maximum atomic E-state index is 12.1. The molecule has 122 valence electrons. The summed E-state index contributed by atoms with van der Waals surface area (Å²) in [6.45, 7) is 0.0717. The Hall–Kier alpha value is -2.34. The van der Waals surface area contributed by atoms with Gasteiger partial charge in [0.1, 0.15) is 0 Å². The summed E-state index contributed by atoms with van der Waals surface area (Å²) in [6, 6.07) is 15.4. The van der Waals surface area contributed by atoms with Crippen molar-refractivity contribution in [2.75, 3.05) is 31.3 Å². The summed E-state index contributed by atoms with van der Waals surface area (Å²) in [6.07, 6.45) is 0. The highest BCUT2D eigenvalue weighted by Gasteiger charge is 2.14. The van der Waals surface area contributed by atoms with Crippen LogP contribution in [0.3, 0.4) is 0 Å². The third-order valence-electron chi connectivity index (χ3n) is 3.38. The third-order valence-corrected chi connectivity index (χ3v) is 5.12. The average Bonchev–Trinajstić information content (AvgIpc) is 2.55. The molecule has 0 aromatic heterocycles. The first-order valence-corrected chi connectivity index (χ1v) is 8.89. The molecule has 0 unspecified atom stereocenters. The molecule has 0 fully saturated rings. The predicted octanol–water partition coefficient (Wildman–Crippen LogP) is 1.96. The minimum Gasteiger partial charge on any atom is -0.378 e. The first-order chi connectivity index (χ1) is 10.9. The zero-order chi connectivity index (χ0) is 16.9. The van der Waals surface area contributed by atoms with Crippen molar-refractivity contribution in [2.45, 2.75) is 4.90 Å². The number of nitrogens with zero attached hydrogens (tertiary/aromatic N) is 1. The van der Waals surface area contributed by atoms with Crippen LogP contribution in [0.1, 0.15) is 10.4 Å². The van der Waals surface area contributed by atoms with Gasteiger partial charge in [0, 0.05) is 31.9 Å². The van der Waals surface area contributed by atoms with E-state index in [1.807, 2.05) is 25.1 Å². The van der Waals surface area contributed by atoms with Crippen molar-refractivity contribution in [3.8, 4) is 0 Å². The Morgan fingerprint density at radius 3 is 2.39 bits per heavy atom. The minimum atomic E-state index is -3.38. The highest BCUT2D eigenvalue weighted by atomic mass is 32.2. The van der Waals surface area contributed by atoms with Crippen LogP contribution in [-0.2, 0) is 9.84 Å². The summed E-state index contributed by atoms with van der Waals surface area (Å²) in [5.41, 5.74) is 1.42. The van der Waals surface area contributed by atoms with E-state index in [0.29, 0.717) is 5.56 Å². The fourth-order valence-electron chi connectivity index (χ4n) is 2.07. The Balaban J connectivity index is 1.96. The molecule has 0 heterocycles. The lowest BCUT2D eigenvalue weighted by atomic mass is 10.2. The number of hydrogen-bond donors (Lipinski definition) is 1. The van der Waals surface area contributed by atoms with E-state index in [0.717, 1.165) is 5.69 Å². The largest absolute Gasteiger partial charge is 0.378 e. The number of anilines is 1. The van der Waals surface area contributed by atoms with Gasteiger partial charge in [0.2, 0.25) is 0 Å². The van der Waals surface area contributed by atoms with Gasteiger partial charge in [0.05, 0.1) is 10.6 Å². The van der Waals surface area contributed by atoms with Crippen molar-refractivity contribution in [3.05, 3.63) is 60.2 Å². The predicted molar refractivity (Wildman–Crippen MR) is 91.6 cm³/mol. The molecule has 1 amide bonds. The molecule has 0 aliphatic heterocycles. The summed E-state index contributed by atoms with van der Waals surface area (Å²) in [4.78, 5) is 14.3. The van der Waals surface area contributed by atoms with Gasteiger partial charge in [0.25, 0.3) is 5.91 Å². The van der Waals surface area contributed by atoms with Crippen molar-refractivity contribution in [1.29, 1.82) is 0 Å². The van der Waals surface area contributed by atoms with Gasteiger partial charge in [-0.3, -0.25) is 4.79 Å². The molecule has 0 saturated heterocycles. The molecule has 0 atom stereocenters. The molecule has 0 aliphatic carbocycles. The maximum absolute atomic E-state index is 12.1. The molecule has 2 rings (SSSR count). The van der Waals surface area contributed by atoms with Crippen LogP contribution in [0.2, 0.25) is 0 Å². The first-order valence-electron chi connectivity index (χ1n) is 7.23. The summed E-state index contributed by atoms with van der Waals surface area (Å²) < 4.78 is 24.3. The van der Waals surface area contributed by atoms with Crippen molar-refractivity contribution in [3.63, 3.8) is 0 Å². The smallest absolute Gasteiger partial charge is 0.251 e. The highest BCUT2D eigenvalue weighted by Crippen LogP contribution is 2.13. The minimum absolute atomic E-state index is 0.0717. The van der Waals surface area contributed by atoms with E-state index in [1.54, 1.807) is 48.5 Å². The lowest BCUT2D eigenvalue weighted by Crippen LogP contribution is -2.29. The molecular weight excluding hydrogens is 312 g/mol. The summed E-state index contributed by atoms with van der Waals surface area (Å²) in [5.74, 6) is -0.409. The second-order valence-electron chi connectivity index (χ2n) is 5.33. The number of amides is 1. The van der Waals surface area contributed by atoms with Gasteiger partial charge in [-0.15, -0.1) is 0 Å². The van der Waals surface area contributed by atoms with Gasteiger partial charge in [-0.25, -0.2) is 8.42 Å². The number of hydrogen-bond acceptors (Lipinski definition) is 4. The van der Waals surface area contributed by atoms with Gasteiger partial charge in [-0.05, 0) is 30.3 Å². The quantitative estimate of drug-likeness (QED) is 0.878. The Labute approximate surface area is 136 Å². The molecule has 0 saturated carbocycles. The zero-order valence-electron chi connectivity index (χ0n) is 13.2. The monoisotopic (exact) mass is 332 g/mol. The number of sulfone groups is 1. The average molecular weight is 332 g/mol. The Morgan fingerprint density at radius 1 is 1.04 bits per heavy atom. The number of benzene rings is 2. The fourth-order valence-corrected chi connectivity index (χ4v) is 3.25. The Bertz CT molecular complexity index is 771. The van der Waals surface area contributed by atoms with Crippen LogP contribution in [-0.4, -0.2) is 40.7 Å². The third kappa shape index (κ3) is 4.56. The van der Waals surface area contributed by atoms with Gasteiger partial charge in [-0.2, -0.15) is 0 Å². The second kappa shape index (κ2) is 7.28. The van der Waals surface area contributed by atoms with Gasteiger partial charge in [-0.1, -0.05) is 24.3 Å². The SMILES string of the molecule is CN(C)c1cccc(C(=O)NCCS(=O)(=O)c2ccccc2)c1. The van der Waals surface area contributed by atoms with Crippen LogP contribution < -0.4 is 10.2 Å². The molecular formula is C17H20N2O3S. The van der Waals surface area contributed by atoms with E-state index >= 15 is 0 Å². The lowest BCUT2D eigenvalue weighted by Gasteiger charge is -2.13. The molecule has 23 heavy (non-hydrogen) atoms. The van der Waals surface area contributed by atoms with Gasteiger partial charge in [0.15, 0.2) is 9.84 Å². The number of carbonyl (C=O) groups is 1. The topological polar surface area (TPSA) is 66.5 Å². The molecule has 2 aromatic carbocycles. The molecule has 0 radical (unpaired) electrons. The van der Waals surface area contributed by atoms with Crippen molar-refractivity contribution >= 4 is 21.4 Å². The van der Waals surface area contributed by atoms with E-state index in [2.05, 4.69) is 5.32 Å². The summed E-state index contributed by atoms with van der Waals surface area (Å²) in [5, 5.41) is 2.65. The summed E-state index contributed by atoms with van der Waals surface area (Å²) >= 11 is 0. The van der Waals surface area contributed by atoms with Crippen molar-refractivity contribution in [1.82, 2.24) is 5.32 Å². The fraction of sp³-hybridized carbons (Fsp3) is 0.235. The van der Waals surface area contributed by atoms with Crippen LogP contribution in [0.25, 0.3) is 0 Å². The normalized spacial score (nSPS) is 11.0. The van der Waals surface area contributed by atoms with Crippen LogP contribution >= 0.6 is 0 Å². The summed E-state index contributed by atoms with van der Waals surface area (Å²) in [7, 11) is 0.402. The molecule has 0 aliphatic rings. The Kier molecular flexibility index (Phi) is 5.39. The molecule has 1 N–H and O–H groups in total. The van der Waals surface area contributed by atoms with E-state index < -0.39 is 9.84 Å². The number of carbonyl (C=O) groups excluding carboxylic acids is 1. The van der Waals surface area contributed by atoms with E-state index in [9.17, 15) is 13.2 Å². The number of nitrogens with one attached hydrogen (secondary N) is 1. The first kappa shape index (κ1) is 17.0. The molecule has 2 aromatic rings. The molecule has 0 spiro atoms. The van der Waals surface area contributed by atoms with E-state index in [-0.39, 0.29) is 23.1 Å². The van der Waals surface area contributed by atoms with Crippen molar-refractivity contribution < 1.29 is 13.2 Å². The van der Waals surface area contributed by atoms with Crippen LogP contribution in [0.15, 0.2) is 59.5 Å². The van der Waals surface area contributed by atoms with Crippen LogP contribution in [0, 0.1) is 0 Å².